The van der Waals surface area contributed by atoms with Crippen LogP contribution in [0.4, 0.5) is 5.13 Å². The molecule has 0 aliphatic carbocycles. The summed E-state index contributed by atoms with van der Waals surface area (Å²) in [6, 6.07) is 11.9. The zero-order valence-corrected chi connectivity index (χ0v) is 20.8. The minimum atomic E-state index is -0.404. The Labute approximate surface area is 211 Å². The number of benzene rings is 2. The molecule has 0 N–H and O–H groups in total. The Morgan fingerprint density at radius 1 is 1.21 bits per heavy atom. The summed E-state index contributed by atoms with van der Waals surface area (Å²) < 4.78 is 12.1. The molecule has 34 heavy (non-hydrogen) atoms. The Kier molecular flexibility index (Phi) is 7.54. The first-order valence-corrected chi connectivity index (χ1v) is 11.9. The number of ether oxygens (including phenoxy) is 1. The number of aryl methyl sites for hydroxylation is 1. The fraction of sp³-hybridized carbons (Fsp3) is 0.292. The van der Waals surface area contributed by atoms with E-state index in [1.165, 1.54) is 17.4 Å². The number of aromatic nitrogens is 1. The van der Waals surface area contributed by atoms with Crippen molar-refractivity contribution in [1.82, 2.24) is 9.88 Å². The van der Waals surface area contributed by atoms with E-state index in [0.29, 0.717) is 47.4 Å². The molecule has 10 heteroatoms. The molecule has 4 aromatic rings. The van der Waals surface area contributed by atoms with E-state index in [-0.39, 0.29) is 23.6 Å². The standard InChI is InChI=1S/C24H22ClN3O4S.ClH/c1-15-6-7-17(25)22-21(15)26-24(33-22)28(9-8-27-10-12-31-13-11-27)23(30)20-14-18(29)16-4-2-3-5-19(16)32-20;/h2-7,14H,8-13H2,1H3;1H. The van der Waals surface area contributed by atoms with E-state index in [1.54, 1.807) is 29.2 Å². The summed E-state index contributed by atoms with van der Waals surface area (Å²) in [4.78, 5) is 34.8. The predicted molar refractivity (Wildman–Crippen MR) is 138 cm³/mol. The zero-order chi connectivity index (χ0) is 22.9. The highest BCUT2D eigenvalue weighted by Gasteiger charge is 2.26. The van der Waals surface area contributed by atoms with Gasteiger partial charge in [0.05, 0.1) is 33.8 Å². The number of carbonyl (C=O) groups excluding carboxylic acids is 1. The van der Waals surface area contributed by atoms with E-state index >= 15 is 0 Å². The van der Waals surface area contributed by atoms with Gasteiger partial charge < -0.3 is 9.15 Å². The van der Waals surface area contributed by atoms with Crippen molar-refractivity contribution in [3.8, 4) is 0 Å². The molecular formula is C24H23Cl2N3O4S. The molecule has 3 heterocycles. The number of rotatable bonds is 5. The Morgan fingerprint density at radius 3 is 2.74 bits per heavy atom. The van der Waals surface area contributed by atoms with Crippen molar-refractivity contribution < 1.29 is 13.9 Å². The molecule has 0 spiro atoms. The first kappa shape index (κ1) is 24.6. The first-order chi connectivity index (χ1) is 16.0. The molecule has 1 aliphatic rings. The molecule has 178 valence electrons. The van der Waals surface area contributed by atoms with Crippen molar-refractivity contribution >= 4 is 67.6 Å². The number of para-hydroxylation sites is 1. The monoisotopic (exact) mass is 519 g/mol. The Hall–Kier alpha value is -2.49. The third-order valence-electron chi connectivity index (χ3n) is 5.75. The molecule has 2 aromatic heterocycles. The Bertz CT molecular complexity index is 1360. The van der Waals surface area contributed by atoms with Crippen LogP contribution in [0.15, 0.2) is 51.7 Å². The number of fused-ring (bicyclic) bond motifs is 2. The first-order valence-electron chi connectivity index (χ1n) is 10.7. The second-order valence-corrected chi connectivity index (χ2v) is 9.31. The van der Waals surface area contributed by atoms with Crippen molar-refractivity contribution in [1.29, 1.82) is 0 Å². The average Bonchev–Trinajstić information content (AvgIpc) is 3.29. The molecule has 0 unspecified atom stereocenters. The summed E-state index contributed by atoms with van der Waals surface area (Å²) in [6.07, 6.45) is 0. The number of hydrogen-bond acceptors (Lipinski definition) is 7. The van der Waals surface area contributed by atoms with Crippen LogP contribution in [0, 0.1) is 6.92 Å². The van der Waals surface area contributed by atoms with Gasteiger partial charge >= 0.3 is 0 Å². The number of halogens is 2. The Morgan fingerprint density at radius 2 is 1.97 bits per heavy atom. The van der Waals surface area contributed by atoms with Gasteiger partial charge in [-0.3, -0.25) is 19.4 Å². The molecule has 0 saturated carbocycles. The van der Waals surface area contributed by atoms with Crippen LogP contribution in [0.2, 0.25) is 5.02 Å². The number of carbonyl (C=O) groups is 1. The topological polar surface area (TPSA) is 75.9 Å². The lowest BCUT2D eigenvalue weighted by atomic mass is 10.2. The average molecular weight is 520 g/mol. The number of morpholine rings is 1. The summed E-state index contributed by atoms with van der Waals surface area (Å²) in [7, 11) is 0. The van der Waals surface area contributed by atoms with E-state index < -0.39 is 5.91 Å². The van der Waals surface area contributed by atoms with Crippen molar-refractivity contribution in [3.63, 3.8) is 0 Å². The summed E-state index contributed by atoms with van der Waals surface area (Å²) in [6.45, 7) is 5.95. The lowest BCUT2D eigenvalue weighted by molar-refractivity contribution is 0.0390. The second kappa shape index (κ2) is 10.4. The van der Waals surface area contributed by atoms with Gasteiger partial charge in [-0.2, -0.15) is 0 Å². The molecular weight excluding hydrogens is 497 g/mol. The maximum absolute atomic E-state index is 13.6. The molecule has 5 rings (SSSR count). The van der Waals surface area contributed by atoms with Gasteiger partial charge in [-0.25, -0.2) is 4.98 Å². The third kappa shape index (κ3) is 4.82. The quantitative estimate of drug-likeness (QED) is 0.378. The van der Waals surface area contributed by atoms with Gasteiger partial charge in [-0.1, -0.05) is 41.1 Å². The molecule has 7 nitrogen and oxygen atoms in total. The summed E-state index contributed by atoms with van der Waals surface area (Å²) in [5.74, 6) is -0.415. The van der Waals surface area contributed by atoms with Gasteiger partial charge in [-0.05, 0) is 30.7 Å². The molecule has 0 bridgehead atoms. The number of amides is 1. The highest BCUT2D eigenvalue weighted by molar-refractivity contribution is 7.23. The van der Waals surface area contributed by atoms with Gasteiger partial charge in [0.2, 0.25) is 0 Å². The van der Waals surface area contributed by atoms with Crippen LogP contribution in [-0.2, 0) is 4.74 Å². The third-order valence-corrected chi connectivity index (χ3v) is 7.29. The van der Waals surface area contributed by atoms with Gasteiger partial charge in [-0.15, -0.1) is 12.4 Å². The highest BCUT2D eigenvalue weighted by atomic mass is 35.5. The normalized spacial score (nSPS) is 14.3. The van der Waals surface area contributed by atoms with Crippen LogP contribution in [0.1, 0.15) is 16.1 Å². The molecule has 1 saturated heterocycles. The van der Waals surface area contributed by atoms with Crippen molar-refractivity contribution in [2.24, 2.45) is 0 Å². The molecule has 0 atom stereocenters. The maximum atomic E-state index is 13.6. The smallest absolute Gasteiger partial charge is 0.295 e. The minimum absolute atomic E-state index is 0. The van der Waals surface area contributed by atoms with Crippen LogP contribution >= 0.6 is 35.3 Å². The zero-order valence-electron chi connectivity index (χ0n) is 18.5. The summed E-state index contributed by atoms with van der Waals surface area (Å²) >= 11 is 7.78. The van der Waals surface area contributed by atoms with E-state index in [0.717, 1.165) is 28.9 Å². The summed E-state index contributed by atoms with van der Waals surface area (Å²) in [5, 5.41) is 1.56. The molecule has 0 radical (unpaired) electrons. The number of thiazole rings is 1. The van der Waals surface area contributed by atoms with Crippen molar-refractivity contribution in [2.45, 2.75) is 6.92 Å². The predicted octanol–water partition coefficient (Wildman–Crippen LogP) is 4.77. The van der Waals surface area contributed by atoms with E-state index in [1.807, 2.05) is 19.1 Å². The molecule has 1 fully saturated rings. The van der Waals surface area contributed by atoms with Crippen LogP contribution < -0.4 is 10.3 Å². The van der Waals surface area contributed by atoms with Gasteiger partial charge in [0.1, 0.15) is 5.58 Å². The minimum Gasteiger partial charge on any atom is -0.451 e. The van der Waals surface area contributed by atoms with E-state index in [2.05, 4.69) is 4.90 Å². The van der Waals surface area contributed by atoms with E-state index in [9.17, 15) is 9.59 Å². The van der Waals surface area contributed by atoms with Crippen LogP contribution in [0.25, 0.3) is 21.2 Å². The fourth-order valence-corrected chi connectivity index (χ4v) is 5.24. The lowest BCUT2D eigenvalue weighted by Crippen LogP contribution is -2.43. The molecule has 1 aliphatic heterocycles. The van der Waals surface area contributed by atoms with Gasteiger partial charge in [0.15, 0.2) is 16.3 Å². The molecule has 2 aromatic carbocycles. The fourth-order valence-electron chi connectivity index (χ4n) is 3.90. The van der Waals surface area contributed by atoms with E-state index in [4.69, 9.17) is 25.7 Å². The van der Waals surface area contributed by atoms with Crippen molar-refractivity contribution in [2.75, 3.05) is 44.3 Å². The SMILES string of the molecule is Cc1ccc(Cl)c2sc(N(CCN3CCOCC3)C(=O)c3cc(=O)c4ccccc4o3)nc12.Cl. The molecule has 1 amide bonds. The van der Waals surface area contributed by atoms with Crippen LogP contribution in [0.5, 0.6) is 0 Å². The van der Waals surface area contributed by atoms with Crippen molar-refractivity contribution in [3.05, 3.63) is 69.0 Å². The summed E-state index contributed by atoms with van der Waals surface area (Å²) in [5.41, 5.74) is 1.88. The van der Waals surface area contributed by atoms with Gasteiger partial charge in [0, 0.05) is 32.2 Å². The van der Waals surface area contributed by atoms with Gasteiger partial charge in [0.25, 0.3) is 5.91 Å². The Balaban J connectivity index is 0.00000274. The van der Waals surface area contributed by atoms with Crippen LogP contribution in [-0.4, -0.2) is 55.2 Å². The maximum Gasteiger partial charge on any atom is 0.295 e. The number of nitrogens with zero attached hydrogens (tertiary/aromatic N) is 3. The largest absolute Gasteiger partial charge is 0.451 e. The number of hydrogen-bond donors (Lipinski definition) is 0. The lowest BCUT2D eigenvalue weighted by Gasteiger charge is -2.29. The van der Waals surface area contributed by atoms with Crippen LogP contribution in [0.3, 0.4) is 0 Å². The highest BCUT2D eigenvalue weighted by Crippen LogP contribution is 2.36. The second-order valence-electron chi connectivity index (χ2n) is 7.92. The number of anilines is 1.